The van der Waals surface area contributed by atoms with E-state index >= 15 is 0 Å². The van der Waals surface area contributed by atoms with Crippen molar-refractivity contribution in [2.45, 2.75) is 44.7 Å². The number of nitrogens with zero attached hydrogens (tertiary/aromatic N) is 3. The molecule has 116 valence electrons. The van der Waals surface area contributed by atoms with E-state index in [1.807, 2.05) is 11.9 Å². The number of hydrogen-bond donors (Lipinski definition) is 1. The molecule has 2 heterocycles. The van der Waals surface area contributed by atoms with Gasteiger partial charge in [-0.1, -0.05) is 18.0 Å². The van der Waals surface area contributed by atoms with Gasteiger partial charge in [-0.3, -0.25) is 4.79 Å². The molecule has 5 nitrogen and oxygen atoms in total. The third-order valence-corrected chi connectivity index (χ3v) is 4.94. The van der Waals surface area contributed by atoms with Gasteiger partial charge in [0.05, 0.1) is 11.2 Å². The Kier molecular flexibility index (Phi) is 4.50. The van der Waals surface area contributed by atoms with Crippen LogP contribution in [0.15, 0.2) is 11.0 Å². The van der Waals surface area contributed by atoms with Crippen molar-refractivity contribution in [2.24, 2.45) is 5.92 Å². The first kappa shape index (κ1) is 14.9. The van der Waals surface area contributed by atoms with Gasteiger partial charge in [-0.2, -0.15) is 5.10 Å². The maximum atomic E-state index is 12.6. The number of hydrogen-bond acceptors (Lipinski definition) is 4. The van der Waals surface area contributed by atoms with Gasteiger partial charge < -0.3 is 10.2 Å². The van der Waals surface area contributed by atoms with E-state index in [-0.39, 0.29) is 5.56 Å². The summed E-state index contributed by atoms with van der Waals surface area (Å²) in [6, 6.07) is 0.443. The largest absolute Gasteiger partial charge is 0.367 e. The van der Waals surface area contributed by atoms with E-state index in [1.54, 1.807) is 10.9 Å². The van der Waals surface area contributed by atoms with Crippen LogP contribution < -0.4 is 15.8 Å². The standard InChI is InChI=1S/C15H23ClN4O/c1-19(10-12-6-3-7-17-12)14-13(16)8-18-20(15(14)21)9-11-4-2-5-11/h8,11-12,17H,2-7,9-10H2,1H3. The summed E-state index contributed by atoms with van der Waals surface area (Å²) in [7, 11) is 1.94. The zero-order valence-electron chi connectivity index (χ0n) is 12.5. The lowest BCUT2D eigenvalue weighted by Crippen LogP contribution is -2.39. The summed E-state index contributed by atoms with van der Waals surface area (Å²) < 4.78 is 1.59. The maximum absolute atomic E-state index is 12.6. The molecule has 2 fully saturated rings. The zero-order chi connectivity index (χ0) is 14.8. The molecule has 0 spiro atoms. The average Bonchev–Trinajstić information content (AvgIpc) is 2.88. The quantitative estimate of drug-likeness (QED) is 0.902. The number of halogens is 1. The monoisotopic (exact) mass is 310 g/mol. The number of rotatable bonds is 5. The van der Waals surface area contributed by atoms with Crippen molar-refractivity contribution in [3.63, 3.8) is 0 Å². The first-order valence-electron chi connectivity index (χ1n) is 7.85. The Morgan fingerprint density at radius 3 is 2.86 bits per heavy atom. The van der Waals surface area contributed by atoms with Crippen LogP contribution in [0, 0.1) is 5.92 Å². The van der Waals surface area contributed by atoms with Gasteiger partial charge in [-0.15, -0.1) is 0 Å². The third kappa shape index (κ3) is 3.24. The fourth-order valence-corrected chi connectivity index (χ4v) is 3.46. The molecule has 0 bridgehead atoms. The predicted molar refractivity (Wildman–Crippen MR) is 85.1 cm³/mol. The molecule has 0 radical (unpaired) electrons. The minimum atomic E-state index is -0.0603. The Balaban J connectivity index is 1.78. The van der Waals surface area contributed by atoms with Gasteiger partial charge in [0.25, 0.3) is 5.56 Å². The summed E-state index contributed by atoms with van der Waals surface area (Å²) in [6.45, 7) is 2.59. The first-order valence-corrected chi connectivity index (χ1v) is 8.23. The van der Waals surface area contributed by atoms with Crippen LogP contribution >= 0.6 is 11.6 Å². The molecule has 2 aliphatic rings. The lowest BCUT2D eigenvalue weighted by atomic mass is 9.85. The summed E-state index contributed by atoms with van der Waals surface area (Å²) in [5.41, 5.74) is 0.523. The highest BCUT2D eigenvalue weighted by Crippen LogP contribution is 2.28. The van der Waals surface area contributed by atoms with Crippen LogP contribution in [-0.4, -0.2) is 36.0 Å². The molecule has 1 aromatic heterocycles. The van der Waals surface area contributed by atoms with Crippen molar-refractivity contribution in [1.29, 1.82) is 0 Å². The molecule has 1 aliphatic carbocycles. The summed E-state index contributed by atoms with van der Waals surface area (Å²) >= 11 is 6.23. The molecule has 6 heteroatoms. The van der Waals surface area contributed by atoms with Gasteiger partial charge in [0.2, 0.25) is 0 Å². The van der Waals surface area contributed by atoms with E-state index in [4.69, 9.17) is 11.6 Å². The Hall–Kier alpha value is -1.07. The van der Waals surface area contributed by atoms with E-state index in [0.717, 1.165) is 26.1 Å². The van der Waals surface area contributed by atoms with E-state index < -0.39 is 0 Å². The maximum Gasteiger partial charge on any atom is 0.291 e. The minimum absolute atomic E-state index is 0.0603. The van der Waals surface area contributed by atoms with Gasteiger partial charge in [0.15, 0.2) is 0 Å². The predicted octanol–water partition coefficient (Wildman–Crippen LogP) is 1.88. The fraction of sp³-hybridized carbons (Fsp3) is 0.733. The van der Waals surface area contributed by atoms with Crippen LogP contribution in [-0.2, 0) is 6.54 Å². The van der Waals surface area contributed by atoms with Crippen molar-refractivity contribution in [2.75, 3.05) is 25.0 Å². The Morgan fingerprint density at radius 2 is 2.24 bits per heavy atom. The third-order valence-electron chi connectivity index (χ3n) is 4.67. The molecule has 3 rings (SSSR count). The molecule has 1 N–H and O–H groups in total. The Bertz CT molecular complexity index is 549. The van der Waals surface area contributed by atoms with Crippen LogP contribution in [0.4, 0.5) is 5.69 Å². The number of likely N-dealkylation sites (N-methyl/N-ethyl adjacent to an activating group) is 1. The molecule has 1 atom stereocenters. The SMILES string of the molecule is CN(CC1CCCN1)c1c(Cl)cnn(CC2CCC2)c1=O. The molecule has 1 aliphatic heterocycles. The van der Waals surface area contributed by atoms with Crippen LogP contribution in [0.25, 0.3) is 0 Å². The minimum Gasteiger partial charge on any atom is -0.367 e. The molecule has 1 saturated heterocycles. The molecule has 1 unspecified atom stereocenters. The molecular weight excluding hydrogens is 288 g/mol. The van der Waals surface area contributed by atoms with Crippen LogP contribution in [0.5, 0.6) is 0 Å². The smallest absolute Gasteiger partial charge is 0.291 e. The molecule has 21 heavy (non-hydrogen) atoms. The van der Waals surface area contributed by atoms with Crippen molar-refractivity contribution >= 4 is 17.3 Å². The number of aromatic nitrogens is 2. The number of anilines is 1. The topological polar surface area (TPSA) is 50.2 Å². The molecule has 1 saturated carbocycles. The molecule has 1 aromatic rings. The Morgan fingerprint density at radius 1 is 1.43 bits per heavy atom. The Labute approximate surface area is 130 Å². The molecule has 0 aromatic carbocycles. The van der Waals surface area contributed by atoms with Crippen molar-refractivity contribution in [1.82, 2.24) is 15.1 Å². The second kappa shape index (κ2) is 6.36. The van der Waals surface area contributed by atoms with Crippen molar-refractivity contribution in [3.8, 4) is 0 Å². The van der Waals surface area contributed by atoms with E-state index in [1.165, 1.54) is 25.7 Å². The van der Waals surface area contributed by atoms with Crippen LogP contribution in [0.2, 0.25) is 5.02 Å². The summed E-state index contributed by atoms with van der Waals surface area (Å²) in [4.78, 5) is 14.6. The van der Waals surface area contributed by atoms with Gasteiger partial charge in [0, 0.05) is 26.2 Å². The van der Waals surface area contributed by atoms with Gasteiger partial charge in [0.1, 0.15) is 5.69 Å². The highest BCUT2D eigenvalue weighted by atomic mass is 35.5. The second-order valence-electron chi connectivity index (χ2n) is 6.30. The van der Waals surface area contributed by atoms with E-state index in [9.17, 15) is 4.79 Å². The lowest BCUT2D eigenvalue weighted by Gasteiger charge is -2.27. The van der Waals surface area contributed by atoms with Gasteiger partial charge >= 0.3 is 0 Å². The van der Waals surface area contributed by atoms with Gasteiger partial charge in [-0.25, -0.2) is 4.68 Å². The first-order chi connectivity index (χ1) is 10.1. The lowest BCUT2D eigenvalue weighted by molar-refractivity contribution is 0.262. The summed E-state index contributed by atoms with van der Waals surface area (Å²) in [6.07, 6.45) is 7.64. The number of nitrogens with one attached hydrogen (secondary N) is 1. The van der Waals surface area contributed by atoms with Crippen LogP contribution in [0.3, 0.4) is 0 Å². The van der Waals surface area contributed by atoms with E-state index in [0.29, 0.717) is 22.7 Å². The van der Waals surface area contributed by atoms with E-state index in [2.05, 4.69) is 10.4 Å². The highest BCUT2D eigenvalue weighted by Gasteiger charge is 2.23. The van der Waals surface area contributed by atoms with Crippen molar-refractivity contribution < 1.29 is 0 Å². The zero-order valence-corrected chi connectivity index (χ0v) is 13.3. The average molecular weight is 311 g/mol. The van der Waals surface area contributed by atoms with Crippen molar-refractivity contribution in [3.05, 3.63) is 21.6 Å². The fourth-order valence-electron chi connectivity index (χ4n) is 3.19. The summed E-state index contributed by atoms with van der Waals surface area (Å²) in [5, 5.41) is 8.11. The molecular formula is C15H23ClN4O. The van der Waals surface area contributed by atoms with Crippen LogP contribution in [0.1, 0.15) is 32.1 Å². The van der Waals surface area contributed by atoms with Gasteiger partial charge in [-0.05, 0) is 38.1 Å². The normalized spacial score (nSPS) is 22.3. The highest BCUT2D eigenvalue weighted by molar-refractivity contribution is 6.33. The summed E-state index contributed by atoms with van der Waals surface area (Å²) in [5.74, 6) is 0.603. The second-order valence-corrected chi connectivity index (χ2v) is 6.71. The molecule has 0 amide bonds.